The van der Waals surface area contributed by atoms with Crippen molar-refractivity contribution in [3.63, 3.8) is 0 Å². The van der Waals surface area contributed by atoms with Crippen LogP contribution in [0.15, 0.2) is 66.7 Å². The number of benzene rings is 3. The molecule has 3 rings (SSSR count). The molecule has 0 fully saturated rings. The first-order valence-corrected chi connectivity index (χ1v) is 8.57. The summed E-state index contributed by atoms with van der Waals surface area (Å²) >= 11 is 4.66. The predicted molar refractivity (Wildman–Crippen MR) is 107 cm³/mol. The molecule has 3 aromatic rings. The van der Waals surface area contributed by atoms with Gasteiger partial charge >= 0.3 is 5.97 Å². The van der Waals surface area contributed by atoms with Crippen molar-refractivity contribution in [3.05, 3.63) is 83.4 Å². The zero-order valence-electron chi connectivity index (χ0n) is 14.2. The van der Waals surface area contributed by atoms with Crippen LogP contribution < -0.4 is 5.73 Å². The van der Waals surface area contributed by atoms with Gasteiger partial charge in [-0.3, -0.25) is 0 Å². The van der Waals surface area contributed by atoms with E-state index in [0.717, 1.165) is 16.7 Å². The van der Waals surface area contributed by atoms with E-state index in [1.807, 2.05) is 36.4 Å². The number of phenolic OH excluding ortho intramolecular Hbond substituents is 1. The zero-order valence-corrected chi connectivity index (χ0v) is 15.1. The SMILES string of the molecule is COC(=O)c1ccc(C(S)c2cc(-c3ccccc3)cc(N)c2O)cc1. The highest BCUT2D eigenvalue weighted by atomic mass is 32.1. The lowest BCUT2D eigenvalue weighted by atomic mass is 9.96. The van der Waals surface area contributed by atoms with Gasteiger partial charge in [0, 0.05) is 5.56 Å². The summed E-state index contributed by atoms with van der Waals surface area (Å²) in [6, 6.07) is 20.3. The minimum atomic E-state index is -0.398. The summed E-state index contributed by atoms with van der Waals surface area (Å²) in [5.41, 5.74) is 10.1. The van der Waals surface area contributed by atoms with Crippen molar-refractivity contribution in [1.82, 2.24) is 0 Å². The number of methoxy groups -OCH3 is 1. The normalized spacial score (nSPS) is 11.8. The number of anilines is 1. The van der Waals surface area contributed by atoms with Gasteiger partial charge in [0.1, 0.15) is 5.75 Å². The van der Waals surface area contributed by atoms with Crippen LogP contribution in [0.1, 0.15) is 26.7 Å². The molecule has 4 nitrogen and oxygen atoms in total. The second-order valence-corrected chi connectivity index (χ2v) is 6.40. The van der Waals surface area contributed by atoms with E-state index in [0.29, 0.717) is 16.8 Å². The van der Waals surface area contributed by atoms with E-state index >= 15 is 0 Å². The van der Waals surface area contributed by atoms with Crippen molar-refractivity contribution in [2.24, 2.45) is 0 Å². The van der Waals surface area contributed by atoms with Gasteiger partial charge in [0.25, 0.3) is 0 Å². The monoisotopic (exact) mass is 365 g/mol. The molecule has 132 valence electrons. The molecule has 3 N–H and O–H groups in total. The fourth-order valence-electron chi connectivity index (χ4n) is 2.78. The Labute approximate surface area is 157 Å². The van der Waals surface area contributed by atoms with Gasteiger partial charge in [0.15, 0.2) is 0 Å². The van der Waals surface area contributed by atoms with E-state index in [1.165, 1.54) is 7.11 Å². The highest BCUT2D eigenvalue weighted by molar-refractivity contribution is 7.80. The number of nitrogens with two attached hydrogens (primary N) is 1. The third kappa shape index (κ3) is 3.53. The Bertz CT molecular complexity index is 924. The summed E-state index contributed by atoms with van der Waals surface area (Å²) in [5.74, 6) is -0.382. The lowest BCUT2D eigenvalue weighted by Gasteiger charge is -2.17. The van der Waals surface area contributed by atoms with Crippen molar-refractivity contribution in [2.45, 2.75) is 5.25 Å². The zero-order chi connectivity index (χ0) is 18.7. The molecular formula is C21H19NO3S. The van der Waals surface area contributed by atoms with Crippen LogP contribution in [0.5, 0.6) is 5.75 Å². The summed E-state index contributed by atoms with van der Waals surface area (Å²) in [5, 5.41) is 10.0. The molecule has 0 amide bonds. The van der Waals surface area contributed by atoms with Crippen molar-refractivity contribution >= 4 is 24.3 Å². The van der Waals surface area contributed by atoms with Crippen molar-refractivity contribution in [1.29, 1.82) is 0 Å². The number of carbonyl (C=O) groups is 1. The number of phenols is 1. The highest BCUT2D eigenvalue weighted by Gasteiger charge is 2.18. The van der Waals surface area contributed by atoms with Crippen LogP contribution in [0.25, 0.3) is 11.1 Å². The Morgan fingerprint density at radius 3 is 2.31 bits per heavy atom. The third-order valence-corrected chi connectivity index (χ3v) is 4.79. The van der Waals surface area contributed by atoms with Gasteiger partial charge < -0.3 is 15.6 Å². The molecule has 0 aliphatic rings. The molecule has 1 atom stereocenters. The van der Waals surface area contributed by atoms with Crippen LogP contribution in [0, 0.1) is 0 Å². The Kier molecular flexibility index (Phi) is 5.19. The third-order valence-electron chi connectivity index (χ3n) is 4.22. The van der Waals surface area contributed by atoms with Crippen LogP contribution in [-0.2, 0) is 4.74 Å². The van der Waals surface area contributed by atoms with Crippen molar-refractivity contribution in [2.75, 3.05) is 12.8 Å². The second-order valence-electron chi connectivity index (χ2n) is 5.89. The molecule has 0 aromatic heterocycles. The molecule has 0 saturated heterocycles. The average molecular weight is 365 g/mol. The van der Waals surface area contributed by atoms with Crippen LogP contribution >= 0.6 is 12.6 Å². The predicted octanol–water partition coefficient (Wildman–Crippen LogP) is 4.45. The number of hydrogen-bond acceptors (Lipinski definition) is 5. The Morgan fingerprint density at radius 1 is 1.04 bits per heavy atom. The summed E-state index contributed by atoms with van der Waals surface area (Å²) in [7, 11) is 1.34. The van der Waals surface area contributed by atoms with Gasteiger partial charge in [-0.05, 0) is 41.0 Å². The maximum Gasteiger partial charge on any atom is 0.337 e. The fraction of sp³-hybridized carbons (Fsp3) is 0.0952. The number of aromatic hydroxyl groups is 1. The van der Waals surface area contributed by atoms with Crippen LogP contribution in [-0.4, -0.2) is 18.2 Å². The van der Waals surface area contributed by atoms with Gasteiger partial charge in [-0.1, -0.05) is 42.5 Å². The minimum Gasteiger partial charge on any atom is -0.505 e. The molecule has 0 aliphatic heterocycles. The number of esters is 1. The summed E-state index contributed by atoms with van der Waals surface area (Å²) in [6.07, 6.45) is 0. The van der Waals surface area contributed by atoms with E-state index in [-0.39, 0.29) is 5.75 Å². The number of rotatable bonds is 4. The molecule has 26 heavy (non-hydrogen) atoms. The van der Waals surface area contributed by atoms with Crippen molar-refractivity contribution in [3.8, 4) is 16.9 Å². The van der Waals surface area contributed by atoms with Gasteiger partial charge in [-0.25, -0.2) is 4.79 Å². The Balaban J connectivity index is 2.00. The number of hydrogen-bond donors (Lipinski definition) is 3. The minimum absolute atomic E-state index is 0.0155. The largest absolute Gasteiger partial charge is 0.505 e. The van der Waals surface area contributed by atoms with Crippen molar-refractivity contribution < 1.29 is 14.6 Å². The topological polar surface area (TPSA) is 72.5 Å². The van der Waals surface area contributed by atoms with Crippen LogP contribution in [0.2, 0.25) is 0 Å². The lowest BCUT2D eigenvalue weighted by Crippen LogP contribution is -2.02. The van der Waals surface area contributed by atoms with E-state index in [9.17, 15) is 9.90 Å². The van der Waals surface area contributed by atoms with Crippen LogP contribution in [0.4, 0.5) is 5.69 Å². The standard InChI is InChI=1S/C21H19NO3S/c1-25-21(24)15-9-7-14(8-10-15)20(26)17-11-16(12-18(22)19(17)23)13-5-3-2-4-6-13/h2-12,20,23,26H,22H2,1H3. The smallest absolute Gasteiger partial charge is 0.337 e. The highest BCUT2D eigenvalue weighted by Crippen LogP contribution is 2.40. The average Bonchev–Trinajstić information content (AvgIpc) is 2.69. The molecule has 0 heterocycles. The van der Waals surface area contributed by atoms with Crippen LogP contribution in [0.3, 0.4) is 0 Å². The molecule has 0 bridgehead atoms. The van der Waals surface area contributed by atoms with E-state index in [2.05, 4.69) is 12.6 Å². The molecular weight excluding hydrogens is 346 g/mol. The molecule has 0 radical (unpaired) electrons. The van der Waals surface area contributed by atoms with Gasteiger partial charge in [0.2, 0.25) is 0 Å². The van der Waals surface area contributed by atoms with Gasteiger partial charge in [0.05, 0.1) is 23.6 Å². The molecule has 1 unspecified atom stereocenters. The first kappa shape index (κ1) is 17.9. The maximum absolute atomic E-state index is 11.6. The summed E-state index contributed by atoms with van der Waals surface area (Å²) in [4.78, 5) is 11.6. The van der Waals surface area contributed by atoms with E-state index in [1.54, 1.807) is 30.3 Å². The first-order valence-electron chi connectivity index (χ1n) is 8.05. The van der Waals surface area contributed by atoms with E-state index in [4.69, 9.17) is 10.5 Å². The molecule has 0 spiro atoms. The molecule has 5 heteroatoms. The Hall–Kier alpha value is -2.92. The first-order chi connectivity index (χ1) is 12.5. The number of nitrogen functional groups attached to an aromatic ring is 1. The number of ether oxygens (including phenoxy) is 1. The molecule has 0 aliphatic carbocycles. The van der Waals surface area contributed by atoms with E-state index < -0.39 is 11.2 Å². The molecule has 0 saturated carbocycles. The lowest BCUT2D eigenvalue weighted by molar-refractivity contribution is 0.0600. The quantitative estimate of drug-likeness (QED) is 0.276. The summed E-state index contributed by atoms with van der Waals surface area (Å²) < 4.78 is 4.71. The number of carbonyl (C=O) groups excluding carboxylic acids is 1. The summed E-state index contributed by atoms with van der Waals surface area (Å²) in [6.45, 7) is 0. The van der Waals surface area contributed by atoms with Gasteiger partial charge in [-0.15, -0.1) is 0 Å². The van der Waals surface area contributed by atoms with Gasteiger partial charge in [-0.2, -0.15) is 12.6 Å². The Morgan fingerprint density at radius 2 is 1.69 bits per heavy atom. The molecule has 3 aromatic carbocycles. The maximum atomic E-state index is 11.6. The number of thiol groups is 1. The second kappa shape index (κ2) is 7.54. The fourth-order valence-corrected chi connectivity index (χ4v) is 3.15.